The molecule has 0 radical (unpaired) electrons. The first-order chi connectivity index (χ1) is 9.90. The van der Waals surface area contributed by atoms with Crippen LogP contribution in [-0.2, 0) is 21.7 Å². The van der Waals surface area contributed by atoms with Crippen LogP contribution in [0.25, 0.3) is 0 Å². The summed E-state index contributed by atoms with van der Waals surface area (Å²) in [6.45, 7) is 14.0. The van der Waals surface area contributed by atoms with E-state index in [1.165, 1.54) is 30.4 Å². The van der Waals surface area contributed by atoms with Crippen LogP contribution in [0.3, 0.4) is 0 Å². The fraction of sp³-hybridized carbons (Fsp3) is 0.550. The Morgan fingerprint density at radius 3 is 1.96 bits per heavy atom. The fourth-order valence-corrected chi connectivity index (χ4v) is 6.78. The van der Waals surface area contributed by atoms with Gasteiger partial charge in [-0.15, -0.1) is 0 Å². The predicted octanol–water partition coefficient (Wildman–Crippen LogP) is -4.45. The molecule has 0 bridgehead atoms. The van der Waals surface area contributed by atoms with Crippen LogP contribution in [0.15, 0.2) is 24.3 Å². The molecule has 0 N–H and O–H groups in total. The van der Waals surface area contributed by atoms with Crippen molar-refractivity contribution < 1.29 is 58.9 Å². The molecule has 1 aromatic carbocycles. The van der Waals surface area contributed by atoms with Crippen molar-refractivity contribution in [3.63, 3.8) is 0 Å². The molecule has 0 fully saturated rings. The standard InChI is InChI=1S/C20H31Si.3ClH.Ti/c1-7-14(2)13-20(11-9-8-10-12-20)21-19-17(5)15(3)16(4)18(19)6;;;;/h8-11,14H,7,12-13,21H2,1-6H3;3*1H;/q-1;;;;+4/p-3. The summed E-state index contributed by atoms with van der Waals surface area (Å²) in [5.41, 5.74) is 6.24. The van der Waals surface area contributed by atoms with E-state index in [0.29, 0.717) is 5.04 Å². The van der Waals surface area contributed by atoms with E-state index in [1.807, 2.05) is 0 Å². The van der Waals surface area contributed by atoms with Crippen LogP contribution < -0.4 is 42.4 Å². The fourth-order valence-electron chi connectivity index (χ4n) is 3.82. The Balaban J connectivity index is -0.00000121. The Morgan fingerprint density at radius 2 is 1.56 bits per heavy atom. The molecule has 5 heteroatoms. The first-order valence-electron chi connectivity index (χ1n) is 8.46. The summed E-state index contributed by atoms with van der Waals surface area (Å²) in [6.07, 6.45) is 13.4. The number of rotatable bonds is 5. The zero-order chi connectivity index (χ0) is 15.6. The van der Waals surface area contributed by atoms with Crippen molar-refractivity contribution in [2.45, 2.75) is 65.8 Å². The zero-order valence-electron chi connectivity index (χ0n) is 16.3. The summed E-state index contributed by atoms with van der Waals surface area (Å²) >= 11 is 0. The third kappa shape index (κ3) is 6.94. The Labute approximate surface area is 191 Å². The van der Waals surface area contributed by atoms with E-state index in [-0.39, 0.29) is 68.5 Å². The van der Waals surface area contributed by atoms with Gasteiger partial charge in [0.25, 0.3) is 0 Å². The van der Waals surface area contributed by atoms with E-state index in [2.05, 4.69) is 65.8 Å². The molecule has 0 heterocycles. The second kappa shape index (κ2) is 12.9. The minimum atomic E-state index is -0.313. The average molecular weight is 454 g/mol. The number of halogens is 3. The summed E-state index contributed by atoms with van der Waals surface area (Å²) in [7, 11) is -0.313. The summed E-state index contributed by atoms with van der Waals surface area (Å²) in [5, 5.41) is 2.21. The maximum absolute atomic E-state index is 2.54. The van der Waals surface area contributed by atoms with Crippen LogP contribution in [0.5, 0.6) is 0 Å². The molecule has 140 valence electrons. The molecule has 0 aromatic heterocycles. The van der Waals surface area contributed by atoms with Gasteiger partial charge in [0, 0.05) is 9.52 Å². The van der Waals surface area contributed by atoms with Crippen LogP contribution in [0.4, 0.5) is 0 Å². The predicted molar refractivity (Wildman–Crippen MR) is 98.8 cm³/mol. The molecule has 0 nitrogen and oxygen atoms in total. The topological polar surface area (TPSA) is 0 Å². The van der Waals surface area contributed by atoms with Gasteiger partial charge in [-0.25, -0.2) is 0 Å². The van der Waals surface area contributed by atoms with Crippen LogP contribution >= 0.6 is 0 Å². The molecule has 2 rings (SSSR count). The van der Waals surface area contributed by atoms with E-state index >= 15 is 0 Å². The quantitative estimate of drug-likeness (QED) is 0.312. The summed E-state index contributed by atoms with van der Waals surface area (Å²) < 4.78 is 0. The van der Waals surface area contributed by atoms with Gasteiger partial charge in [-0.05, 0) is 23.8 Å². The summed E-state index contributed by atoms with van der Waals surface area (Å²) in [6, 6.07) is 0. The van der Waals surface area contributed by atoms with Crippen molar-refractivity contribution in [1.82, 2.24) is 0 Å². The summed E-state index contributed by atoms with van der Waals surface area (Å²) in [5.74, 6) is 0.825. The van der Waals surface area contributed by atoms with Gasteiger partial charge in [-0.1, -0.05) is 72.3 Å². The first-order valence-corrected chi connectivity index (χ1v) is 9.88. The van der Waals surface area contributed by atoms with Crippen LogP contribution in [-0.4, -0.2) is 9.52 Å². The largest absolute Gasteiger partial charge is 4.00 e. The zero-order valence-corrected chi connectivity index (χ0v) is 21.6. The van der Waals surface area contributed by atoms with Crippen molar-refractivity contribution in [3.05, 3.63) is 46.6 Å². The Morgan fingerprint density at radius 1 is 1.04 bits per heavy atom. The van der Waals surface area contributed by atoms with Crippen LogP contribution in [0.1, 0.15) is 55.4 Å². The molecule has 0 saturated heterocycles. The normalized spacial score (nSPS) is 19.6. The first kappa shape index (κ1) is 30.4. The van der Waals surface area contributed by atoms with Gasteiger partial charge in [0.05, 0.1) is 0 Å². The van der Waals surface area contributed by atoms with E-state index in [1.54, 1.807) is 16.3 Å². The molecule has 0 aliphatic heterocycles. The molecule has 25 heavy (non-hydrogen) atoms. The second-order valence-corrected chi connectivity index (χ2v) is 9.70. The smallest absolute Gasteiger partial charge is 1.00 e. The van der Waals surface area contributed by atoms with E-state index in [4.69, 9.17) is 0 Å². The number of hydrogen-bond donors (Lipinski definition) is 0. The van der Waals surface area contributed by atoms with Gasteiger partial charge in [0.1, 0.15) is 0 Å². The van der Waals surface area contributed by atoms with Gasteiger partial charge < -0.3 is 37.2 Å². The van der Waals surface area contributed by atoms with Gasteiger partial charge in [-0.2, -0.15) is 27.4 Å². The van der Waals surface area contributed by atoms with E-state index < -0.39 is 0 Å². The minimum Gasteiger partial charge on any atom is -1.00 e. The van der Waals surface area contributed by atoms with Gasteiger partial charge >= 0.3 is 21.7 Å². The monoisotopic (exact) mass is 452 g/mol. The molecule has 0 spiro atoms. The van der Waals surface area contributed by atoms with Crippen LogP contribution in [0.2, 0.25) is 5.04 Å². The second-order valence-electron chi connectivity index (χ2n) is 7.23. The number of hydrogen-bond acceptors (Lipinski definition) is 0. The van der Waals surface area contributed by atoms with Crippen molar-refractivity contribution in [3.8, 4) is 0 Å². The molecule has 0 saturated carbocycles. The Bertz CT molecular complexity index is 552. The van der Waals surface area contributed by atoms with Crippen molar-refractivity contribution in [1.29, 1.82) is 0 Å². The molecule has 2 atom stereocenters. The molecule has 1 aliphatic rings. The molecule has 1 aromatic rings. The van der Waals surface area contributed by atoms with Gasteiger partial charge in [0.15, 0.2) is 0 Å². The van der Waals surface area contributed by atoms with Gasteiger partial charge in [0.2, 0.25) is 0 Å². The third-order valence-corrected chi connectivity index (χ3v) is 8.73. The molecular formula is C20H31Cl3SiTi. The maximum Gasteiger partial charge on any atom is 4.00 e. The van der Waals surface area contributed by atoms with Crippen molar-refractivity contribution in [2.24, 2.45) is 5.92 Å². The van der Waals surface area contributed by atoms with Crippen molar-refractivity contribution >= 4 is 14.7 Å². The SMILES string of the molecule is CCC(C)CC1([SiH2][c-]2c(C)c(C)c(C)c2C)C=CC=CC1.[Cl-].[Cl-].[Cl-].[Ti+4]. The molecular weight excluding hydrogens is 423 g/mol. The number of allylic oxidation sites excluding steroid dienone is 4. The minimum absolute atomic E-state index is 0. The Kier molecular flexibility index (Phi) is 15.7. The Hall–Kier alpha value is 0.631. The molecule has 0 amide bonds. The molecule has 2 unspecified atom stereocenters. The summed E-state index contributed by atoms with van der Waals surface area (Å²) in [4.78, 5) is 0. The third-order valence-electron chi connectivity index (χ3n) is 5.79. The van der Waals surface area contributed by atoms with E-state index in [9.17, 15) is 0 Å². The maximum atomic E-state index is 2.54. The van der Waals surface area contributed by atoms with E-state index in [0.717, 1.165) is 5.92 Å². The average Bonchev–Trinajstić information content (AvgIpc) is 2.66. The van der Waals surface area contributed by atoms with Gasteiger partial charge in [-0.3, -0.25) is 0 Å². The molecule has 1 aliphatic carbocycles. The van der Waals surface area contributed by atoms with Crippen molar-refractivity contribution in [2.75, 3.05) is 0 Å². The van der Waals surface area contributed by atoms with Crippen LogP contribution in [0, 0.1) is 33.6 Å².